The summed E-state index contributed by atoms with van der Waals surface area (Å²) < 4.78 is 0. The smallest absolute Gasteiger partial charge is 0.253 e. The highest BCUT2D eigenvalue weighted by molar-refractivity contribution is 5.81. The van der Waals surface area contributed by atoms with Gasteiger partial charge in [0, 0.05) is 13.1 Å². The molecule has 1 aliphatic carbocycles. The van der Waals surface area contributed by atoms with Gasteiger partial charge in [-0.25, -0.2) is 0 Å². The molecule has 0 aliphatic heterocycles. The van der Waals surface area contributed by atoms with E-state index in [1.165, 1.54) is 0 Å². The predicted octanol–water partition coefficient (Wildman–Crippen LogP) is 2.39. The number of phenols is 1. The van der Waals surface area contributed by atoms with Crippen LogP contribution >= 0.6 is 0 Å². The van der Waals surface area contributed by atoms with Crippen molar-refractivity contribution in [3.05, 3.63) is 44.2 Å². The van der Waals surface area contributed by atoms with E-state index in [0.29, 0.717) is 23.3 Å². The van der Waals surface area contributed by atoms with Gasteiger partial charge in [0.2, 0.25) is 6.41 Å². The van der Waals surface area contributed by atoms with Gasteiger partial charge in [0.05, 0.1) is 5.69 Å². The molecule has 0 bridgehead atoms. The summed E-state index contributed by atoms with van der Waals surface area (Å²) in [7, 11) is 1.56. The Bertz CT molecular complexity index is 847. The van der Waals surface area contributed by atoms with Gasteiger partial charge in [-0.3, -0.25) is 14.4 Å². The van der Waals surface area contributed by atoms with Gasteiger partial charge < -0.3 is 21.1 Å². The van der Waals surface area contributed by atoms with Crippen LogP contribution in [0, 0.1) is 12.8 Å². The normalized spacial score (nSPS) is 18.9. The third-order valence-electron chi connectivity index (χ3n) is 4.89. The van der Waals surface area contributed by atoms with Crippen LogP contribution in [0.5, 0.6) is 5.75 Å². The van der Waals surface area contributed by atoms with E-state index < -0.39 is 10.9 Å². The Morgan fingerprint density at radius 3 is 2.26 bits per heavy atom. The van der Waals surface area contributed by atoms with Crippen LogP contribution in [-0.2, 0) is 4.79 Å². The third kappa shape index (κ3) is 4.87. The minimum Gasteiger partial charge on any atom is -0.505 e. The number of amides is 1. The molecule has 2 aromatic carbocycles. The Labute approximate surface area is 158 Å². The zero-order valence-corrected chi connectivity index (χ0v) is 16.0. The first kappa shape index (κ1) is 20.5. The average molecular weight is 373 g/mol. The number of aryl methyl sites for hydroxylation is 1. The second-order valence-corrected chi connectivity index (χ2v) is 7.01. The molecule has 0 saturated heterocycles. The first-order valence-corrected chi connectivity index (χ1v) is 9.15. The summed E-state index contributed by atoms with van der Waals surface area (Å²) in [5.74, 6) is 0.820. The van der Waals surface area contributed by atoms with Crippen LogP contribution < -0.4 is 26.8 Å². The maximum absolute atomic E-state index is 11.9. The van der Waals surface area contributed by atoms with Crippen LogP contribution in [0.2, 0.25) is 0 Å². The van der Waals surface area contributed by atoms with Crippen molar-refractivity contribution in [3.63, 3.8) is 0 Å². The number of aromatic hydroxyl groups is 1. The van der Waals surface area contributed by atoms with Crippen molar-refractivity contribution in [2.45, 2.75) is 45.6 Å². The van der Waals surface area contributed by atoms with Crippen LogP contribution in [0.15, 0.2) is 27.8 Å². The molecule has 2 aromatic rings. The first-order valence-electron chi connectivity index (χ1n) is 9.15. The zero-order valence-electron chi connectivity index (χ0n) is 16.0. The molecule has 7 heteroatoms. The minimum absolute atomic E-state index is 0.0954. The quantitative estimate of drug-likeness (QED) is 0.364. The summed E-state index contributed by atoms with van der Waals surface area (Å²) in [6, 6.07) is 5.50. The van der Waals surface area contributed by atoms with E-state index >= 15 is 0 Å². The van der Waals surface area contributed by atoms with Gasteiger partial charge in [-0.2, -0.15) is 0 Å². The second kappa shape index (κ2) is 9.21. The molecule has 146 valence electrons. The van der Waals surface area contributed by atoms with E-state index in [1.807, 2.05) is 0 Å². The van der Waals surface area contributed by atoms with Crippen molar-refractivity contribution < 1.29 is 9.90 Å². The summed E-state index contributed by atoms with van der Waals surface area (Å²) in [6.45, 7) is 4.02. The molecule has 7 nitrogen and oxygen atoms in total. The molecule has 0 spiro atoms. The molecule has 0 heterocycles. The lowest BCUT2D eigenvalue weighted by Crippen LogP contribution is -2.39. The molecule has 1 fully saturated rings. The Morgan fingerprint density at radius 1 is 1.07 bits per heavy atom. The molecule has 1 amide bonds. The fourth-order valence-electron chi connectivity index (χ4n) is 3.15. The van der Waals surface area contributed by atoms with Crippen LogP contribution in [0.25, 0.3) is 0 Å². The van der Waals surface area contributed by atoms with Crippen molar-refractivity contribution in [2.75, 3.05) is 17.7 Å². The van der Waals surface area contributed by atoms with E-state index in [9.17, 15) is 14.7 Å². The molecule has 1 aliphatic rings. The van der Waals surface area contributed by atoms with Crippen molar-refractivity contribution in [1.82, 2.24) is 5.32 Å². The highest BCUT2D eigenvalue weighted by Crippen LogP contribution is 2.32. The lowest BCUT2D eigenvalue weighted by molar-refractivity contribution is -0.109. The van der Waals surface area contributed by atoms with E-state index in [2.05, 4.69) is 22.9 Å². The maximum atomic E-state index is 11.9. The lowest BCUT2D eigenvalue weighted by Gasteiger charge is -2.28. The van der Waals surface area contributed by atoms with Crippen molar-refractivity contribution in [2.24, 2.45) is 5.92 Å². The zero-order chi connectivity index (χ0) is 20.0. The molecule has 0 atom stereocenters. The fraction of sp³-hybridized carbons (Fsp3) is 0.450. The number of hydrogen-bond acceptors (Lipinski definition) is 6. The van der Waals surface area contributed by atoms with E-state index in [-0.39, 0.29) is 17.5 Å². The number of anilines is 3. The molecule has 3 rings (SSSR count). The van der Waals surface area contributed by atoms with E-state index in [1.54, 1.807) is 32.2 Å². The van der Waals surface area contributed by atoms with E-state index in [4.69, 9.17) is 4.79 Å². The summed E-state index contributed by atoms with van der Waals surface area (Å²) in [5, 5.41) is 18.4. The number of hydrogen-bond donors (Lipinski definition) is 4. The fourth-order valence-corrected chi connectivity index (χ4v) is 3.15. The van der Waals surface area contributed by atoms with Crippen molar-refractivity contribution >= 4 is 23.5 Å². The second-order valence-electron chi connectivity index (χ2n) is 7.01. The van der Waals surface area contributed by atoms with Crippen molar-refractivity contribution in [3.8, 4) is 5.75 Å². The highest BCUT2D eigenvalue weighted by atomic mass is 16.3. The number of benzene rings is 1. The van der Waals surface area contributed by atoms with Crippen LogP contribution in [-0.4, -0.2) is 24.6 Å². The number of nitrogens with one attached hydrogen (secondary N) is 3. The molecular formula is C20H27N3O4. The summed E-state index contributed by atoms with van der Waals surface area (Å²) >= 11 is 0. The van der Waals surface area contributed by atoms with Crippen LogP contribution in [0.4, 0.5) is 17.1 Å². The Morgan fingerprint density at radius 2 is 1.67 bits per heavy atom. The molecule has 0 unspecified atom stereocenters. The van der Waals surface area contributed by atoms with Crippen molar-refractivity contribution in [1.29, 1.82) is 0 Å². The van der Waals surface area contributed by atoms with Gasteiger partial charge in [-0.05, 0) is 50.2 Å². The summed E-state index contributed by atoms with van der Waals surface area (Å²) in [4.78, 5) is 32.8. The third-order valence-corrected chi connectivity index (χ3v) is 4.89. The Kier molecular flexibility index (Phi) is 6.98. The highest BCUT2D eigenvalue weighted by Gasteiger charge is 2.26. The Hall–Kier alpha value is -2.83. The molecule has 27 heavy (non-hydrogen) atoms. The number of para-hydroxylation sites is 1. The monoisotopic (exact) mass is 373 g/mol. The topological polar surface area (TPSA) is 108 Å². The number of carbonyl (C=O) groups is 1. The van der Waals surface area contributed by atoms with Gasteiger partial charge in [-0.1, -0.05) is 19.1 Å². The average Bonchev–Trinajstić information content (AvgIpc) is 2.69. The van der Waals surface area contributed by atoms with Gasteiger partial charge >= 0.3 is 0 Å². The molecule has 4 N–H and O–H groups in total. The molecule has 0 radical (unpaired) electrons. The molecule has 0 aromatic heterocycles. The van der Waals surface area contributed by atoms with Gasteiger partial charge in [0.1, 0.15) is 17.1 Å². The van der Waals surface area contributed by atoms with Gasteiger partial charge in [0.25, 0.3) is 10.9 Å². The van der Waals surface area contributed by atoms with Gasteiger partial charge in [-0.15, -0.1) is 0 Å². The predicted molar refractivity (Wildman–Crippen MR) is 108 cm³/mol. The standard InChI is InChI=1S/C18H22N2O3.C2H5NO/c1-10-6-8-12(9-7-10)19-14-15(18(23)17(14)22)20-13-5-3-4-11(2)16(13)21;1-3-2-4/h3-5,10,12,19-21H,6-9H2,1-2H3;2H,1H3,(H,3,4). The first-order chi connectivity index (χ1) is 12.9. The Balaban J connectivity index is 0.000000596. The number of rotatable bonds is 5. The lowest BCUT2D eigenvalue weighted by atomic mass is 9.87. The van der Waals surface area contributed by atoms with Gasteiger partial charge in [0.15, 0.2) is 0 Å². The molecule has 1 saturated carbocycles. The number of carbonyl (C=O) groups excluding carboxylic acids is 1. The minimum atomic E-state index is -0.530. The SMILES string of the molecule is CNC=O.Cc1cccc(Nc2c(NC3CCC(C)CC3)c(=O)c2=O)c1O. The van der Waals surface area contributed by atoms with E-state index in [0.717, 1.165) is 31.6 Å². The summed E-state index contributed by atoms with van der Waals surface area (Å²) in [5.41, 5.74) is 0.766. The maximum Gasteiger partial charge on any atom is 0.253 e. The molecular weight excluding hydrogens is 346 g/mol. The van der Waals surface area contributed by atoms with Crippen LogP contribution in [0.3, 0.4) is 0 Å². The largest absolute Gasteiger partial charge is 0.505 e. The van der Waals surface area contributed by atoms with Crippen LogP contribution in [0.1, 0.15) is 38.2 Å². The summed E-state index contributed by atoms with van der Waals surface area (Å²) in [6.07, 6.45) is 4.91. The number of phenolic OH excluding ortho intramolecular Hbond substituents is 1.